The average Bonchev–Trinajstić information content (AvgIpc) is 3.12. The summed E-state index contributed by atoms with van der Waals surface area (Å²) in [6.45, 7) is 2.08. The molecule has 0 unspecified atom stereocenters. The summed E-state index contributed by atoms with van der Waals surface area (Å²) < 4.78 is 24.7. The number of nitrogens with one attached hydrogen (secondary N) is 2. The van der Waals surface area contributed by atoms with E-state index in [2.05, 4.69) is 27.1 Å². The molecule has 0 bridgehead atoms. The molecule has 0 amide bonds. The van der Waals surface area contributed by atoms with Crippen LogP contribution in [0.15, 0.2) is 58.7 Å². The van der Waals surface area contributed by atoms with Crippen molar-refractivity contribution in [3.63, 3.8) is 0 Å². The van der Waals surface area contributed by atoms with Gasteiger partial charge in [-0.1, -0.05) is 54.4 Å². The molecule has 1 heterocycles. The zero-order valence-electron chi connectivity index (χ0n) is 14.3. The van der Waals surface area contributed by atoms with Gasteiger partial charge in [0.15, 0.2) is 0 Å². The first-order valence-electron chi connectivity index (χ1n) is 8.03. The van der Waals surface area contributed by atoms with Crippen molar-refractivity contribution in [3.05, 3.63) is 69.8 Å². The van der Waals surface area contributed by atoms with Crippen LogP contribution in [0.1, 0.15) is 18.1 Å². The number of rotatable bonds is 6. The van der Waals surface area contributed by atoms with E-state index >= 15 is 0 Å². The minimum absolute atomic E-state index is 0.0575. The zero-order valence-corrected chi connectivity index (χ0v) is 16.6. The maximum Gasteiger partial charge on any atom is 0.278 e. The summed E-state index contributed by atoms with van der Waals surface area (Å²) in [4.78, 5) is 1.99. The molecule has 0 atom stereocenters. The number of aromatic nitrogens is 2. The summed E-state index contributed by atoms with van der Waals surface area (Å²) in [5.74, 6) is 0. The van der Waals surface area contributed by atoms with Crippen molar-refractivity contribution in [2.45, 2.75) is 18.2 Å². The zero-order chi connectivity index (χ0) is 19.4. The molecule has 0 aliphatic carbocycles. The molecule has 0 saturated heterocycles. The molecule has 9 heteroatoms. The van der Waals surface area contributed by atoms with Gasteiger partial charge in [-0.3, -0.25) is 5.10 Å². The Bertz CT molecular complexity index is 1080. The van der Waals surface area contributed by atoms with Crippen LogP contribution in [0.4, 0.5) is 0 Å². The van der Waals surface area contributed by atoms with Gasteiger partial charge in [-0.05, 0) is 30.2 Å². The Kier molecular flexibility index (Phi) is 5.84. The van der Waals surface area contributed by atoms with Crippen LogP contribution in [0.2, 0.25) is 10.0 Å². The summed E-state index contributed by atoms with van der Waals surface area (Å²) >= 11 is 11.8. The van der Waals surface area contributed by atoms with Crippen molar-refractivity contribution < 1.29 is 8.42 Å². The van der Waals surface area contributed by atoms with Gasteiger partial charge in [0.2, 0.25) is 0 Å². The molecule has 0 saturated carbocycles. The van der Waals surface area contributed by atoms with E-state index in [4.69, 9.17) is 23.2 Å². The Hall–Kier alpha value is -2.35. The van der Waals surface area contributed by atoms with Crippen molar-refractivity contribution in [2.75, 3.05) is 0 Å². The molecule has 3 rings (SSSR count). The lowest BCUT2D eigenvalue weighted by molar-refractivity contribution is 0.585. The smallest absolute Gasteiger partial charge is 0.277 e. The second-order valence-electron chi connectivity index (χ2n) is 5.68. The third-order valence-electron chi connectivity index (χ3n) is 3.88. The fourth-order valence-corrected chi connectivity index (χ4v) is 3.99. The number of halogens is 2. The Labute approximate surface area is 167 Å². The van der Waals surface area contributed by atoms with E-state index in [1.807, 2.05) is 24.3 Å². The van der Waals surface area contributed by atoms with Gasteiger partial charge in [-0.15, -0.1) is 0 Å². The van der Waals surface area contributed by atoms with Crippen LogP contribution in [0, 0.1) is 0 Å². The number of hydrogen-bond donors (Lipinski definition) is 2. The summed E-state index contributed by atoms with van der Waals surface area (Å²) in [5, 5.41) is 11.1. The van der Waals surface area contributed by atoms with Crippen molar-refractivity contribution in [3.8, 4) is 11.3 Å². The second kappa shape index (κ2) is 8.12. The first-order chi connectivity index (χ1) is 12.9. The van der Waals surface area contributed by atoms with Crippen molar-refractivity contribution in [1.82, 2.24) is 15.0 Å². The minimum Gasteiger partial charge on any atom is -0.277 e. The molecule has 3 aromatic rings. The second-order valence-corrected chi connectivity index (χ2v) is 8.15. The minimum atomic E-state index is -3.95. The van der Waals surface area contributed by atoms with Gasteiger partial charge < -0.3 is 0 Å². The molecule has 0 spiro atoms. The molecule has 0 aliphatic heterocycles. The van der Waals surface area contributed by atoms with E-state index in [0.29, 0.717) is 5.56 Å². The largest absolute Gasteiger partial charge is 0.278 e. The molecule has 0 fully saturated rings. The number of aryl methyl sites for hydroxylation is 1. The van der Waals surface area contributed by atoms with Crippen LogP contribution < -0.4 is 4.83 Å². The number of sulfonamides is 1. The van der Waals surface area contributed by atoms with E-state index < -0.39 is 10.0 Å². The molecular formula is C18H16Cl2N4O2S. The van der Waals surface area contributed by atoms with Crippen LogP contribution >= 0.6 is 23.2 Å². The summed E-state index contributed by atoms with van der Waals surface area (Å²) in [5.41, 5.74) is 3.52. The Balaban J connectivity index is 1.81. The highest BCUT2D eigenvalue weighted by Gasteiger charge is 2.17. The molecule has 2 aromatic carbocycles. The first kappa shape index (κ1) is 19.4. The quantitative estimate of drug-likeness (QED) is 0.459. The van der Waals surface area contributed by atoms with E-state index in [9.17, 15) is 8.42 Å². The number of H-pyrrole nitrogens is 1. The topological polar surface area (TPSA) is 87.2 Å². The van der Waals surface area contributed by atoms with E-state index in [1.54, 1.807) is 6.20 Å². The van der Waals surface area contributed by atoms with Crippen molar-refractivity contribution in [2.24, 2.45) is 5.10 Å². The Morgan fingerprint density at radius 2 is 1.93 bits per heavy atom. The van der Waals surface area contributed by atoms with Gasteiger partial charge in [-0.2, -0.15) is 18.6 Å². The lowest BCUT2D eigenvalue weighted by atomic mass is 10.1. The van der Waals surface area contributed by atoms with Gasteiger partial charge in [0.1, 0.15) is 4.90 Å². The fourth-order valence-electron chi connectivity index (χ4n) is 2.43. The number of hydrogen-bond acceptors (Lipinski definition) is 4. The van der Waals surface area contributed by atoms with Gasteiger partial charge in [-0.25, -0.2) is 4.83 Å². The predicted molar refractivity (Wildman–Crippen MR) is 108 cm³/mol. The molecule has 0 radical (unpaired) electrons. The third kappa shape index (κ3) is 4.50. The van der Waals surface area contributed by atoms with Crippen LogP contribution in [0.5, 0.6) is 0 Å². The summed E-state index contributed by atoms with van der Waals surface area (Å²) in [6.07, 6.45) is 3.89. The summed E-state index contributed by atoms with van der Waals surface area (Å²) in [7, 11) is -3.95. The number of aromatic amines is 1. The molecular weight excluding hydrogens is 407 g/mol. The van der Waals surface area contributed by atoms with Gasteiger partial charge in [0, 0.05) is 16.1 Å². The van der Waals surface area contributed by atoms with Crippen molar-refractivity contribution >= 4 is 39.4 Å². The highest BCUT2D eigenvalue weighted by atomic mass is 35.5. The molecule has 27 heavy (non-hydrogen) atoms. The Morgan fingerprint density at radius 3 is 2.63 bits per heavy atom. The third-order valence-corrected chi connectivity index (χ3v) is 5.82. The molecule has 1 aromatic heterocycles. The maximum absolute atomic E-state index is 12.4. The van der Waals surface area contributed by atoms with Crippen LogP contribution in [0.25, 0.3) is 11.3 Å². The molecule has 0 aliphatic rings. The highest BCUT2D eigenvalue weighted by Crippen LogP contribution is 2.25. The normalized spacial score (nSPS) is 11.8. The maximum atomic E-state index is 12.4. The van der Waals surface area contributed by atoms with Gasteiger partial charge in [0.25, 0.3) is 10.0 Å². The molecule has 6 nitrogen and oxygen atoms in total. The highest BCUT2D eigenvalue weighted by molar-refractivity contribution is 7.89. The van der Waals surface area contributed by atoms with E-state index in [-0.39, 0.29) is 14.9 Å². The average molecular weight is 423 g/mol. The van der Waals surface area contributed by atoms with Gasteiger partial charge in [0.05, 0.1) is 23.1 Å². The number of hydrazone groups is 1. The SMILES string of the molecule is CCc1ccc(-c2[nH]ncc2/C=N\NS(=O)(=O)c2cc(Cl)ccc2Cl)cc1. The monoisotopic (exact) mass is 422 g/mol. The standard InChI is InChI=1S/C18H16Cl2N4O2S/c1-2-12-3-5-13(6-4-12)18-14(10-21-23-18)11-22-24-27(25,26)17-9-15(19)7-8-16(17)20/h3-11,24H,2H2,1H3,(H,21,23)/b22-11-. The fraction of sp³-hybridized carbons (Fsp3) is 0.111. The van der Waals surface area contributed by atoms with Gasteiger partial charge >= 0.3 is 0 Å². The van der Waals surface area contributed by atoms with Crippen LogP contribution in [0.3, 0.4) is 0 Å². The number of benzene rings is 2. The number of nitrogens with zero attached hydrogens (tertiary/aromatic N) is 2. The van der Waals surface area contributed by atoms with Crippen molar-refractivity contribution in [1.29, 1.82) is 0 Å². The Morgan fingerprint density at radius 1 is 1.19 bits per heavy atom. The predicted octanol–water partition coefficient (Wildman–Crippen LogP) is 4.26. The van der Waals surface area contributed by atoms with Crippen LogP contribution in [-0.4, -0.2) is 24.8 Å². The van der Waals surface area contributed by atoms with E-state index in [0.717, 1.165) is 17.7 Å². The molecule has 140 valence electrons. The van der Waals surface area contributed by atoms with Crippen LogP contribution in [-0.2, 0) is 16.4 Å². The summed E-state index contributed by atoms with van der Waals surface area (Å²) in [6, 6.07) is 12.2. The molecule has 2 N–H and O–H groups in total. The van der Waals surface area contributed by atoms with E-state index in [1.165, 1.54) is 30.0 Å². The lowest BCUT2D eigenvalue weighted by Crippen LogP contribution is -2.18. The first-order valence-corrected chi connectivity index (χ1v) is 10.3. The lowest BCUT2D eigenvalue weighted by Gasteiger charge is -2.06.